The van der Waals surface area contributed by atoms with Gasteiger partial charge in [-0.1, -0.05) is 6.42 Å². The summed E-state index contributed by atoms with van der Waals surface area (Å²) in [5.41, 5.74) is 0. The Labute approximate surface area is 35.2 Å². The van der Waals surface area contributed by atoms with Gasteiger partial charge >= 0.3 is 7.91 Å². The summed E-state index contributed by atoms with van der Waals surface area (Å²) in [6.07, 6.45) is 5.84. The zero-order chi connectivity index (χ0) is 4.99. The molecule has 0 amide bonds. The fourth-order valence-corrected chi connectivity index (χ4v) is 0.129. The van der Waals surface area contributed by atoms with E-state index in [9.17, 15) is 9.13 Å². The van der Waals surface area contributed by atoms with E-state index in [2.05, 4.69) is 10.9 Å². The van der Waals surface area contributed by atoms with Crippen LogP contribution in [0.25, 0.3) is 0 Å². The van der Waals surface area contributed by atoms with Gasteiger partial charge < -0.3 is 4.52 Å². The number of terminal acetylenes is 1. The Balaban J connectivity index is 3.41. The van der Waals surface area contributed by atoms with Crippen LogP contribution in [0.15, 0.2) is 0 Å². The normalized spacial score (nSPS) is 5.83. The average molecular weight is 104 g/mol. The summed E-state index contributed by atoms with van der Waals surface area (Å²) in [7, 11) is -2.84. The van der Waals surface area contributed by atoms with Gasteiger partial charge in [-0.2, -0.15) is 9.13 Å². The van der Waals surface area contributed by atoms with Gasteiger partial charge in [0.1, 0.15) is 6.11 Å². The van der Waals surface area contributed by atoms with E-state index in [1.54, 1.807) is 0 Å². The first-order valence-electron chi connectivity index (χ1n) is 1.04. The second-order valence-corrected chi connectivity index (χ2v) is 1.06. The van der Waals surface area contributed by atoms with Crippen molar-refractivity contribution in [1.29, 1.82) is 0 Å². The Morgan fingerprint density at radius 3 is 2.17 bits per heavy atom. The zero-order valence-electron chi connectivity index (χ0n) is 2.75. The molecule has 0 heterocycles. The molecule has 0 N–H and O–H groups in total. The largest absolute Gasteiger partial charge is 0.538 e. The molecule has 0 saturated carbocycles. The van der Waals surface area contributed by atoms with Crippen molar-refractivity contribution in [2.24, 2.45) is 0 Å². The van der Waals surface area contributed by atoms with E-state index in [1.165, 1.54) is 6.11 Å². The van der Waals surface area contributed by atoms with E-state index in [-0.39, 0.29) is 0 Å². The van der Waals surface area contributed by atoms with Crippen LogP contribution in [0.4, 0.5) is 0 Å². The highest BCUT2D eigenvalue weighted by Gasteiger charge is 1.76. The lowest BCUT2D eigenvalue weighted by Crippen LogP contribution is -1.48. The lowest BCUT2D eigenvalue weighted by molar-refractivity contribution is 0.423. The molecule has 0 aliphatic heterocycles. The fourth-order valence-electron chi connectivity index (χ4n) is 0.0430. The highest BCUT2D eigenvalue weighted by Crippen LogP contribution is 2.00. The van der Waals surface area contributed by atoms with E-state index in [4.69, 9.17) is 0 Å². The smallest absolute Gasteiger partial charge is 0.333 e. The number of hydrogen-bond donors (Lipinski definition) is 0. The summed E-state index contributed by atoms with van der Waals surface area (Å²) in [5, 5.41) is 0. The monoisotopic (exact) mass is 104 g/mol. The highest BCUT2D eigenvalue weighted by atomic mass is 31.1. The van der Waals surface area contributed by atoms with Crippen molar-refractivity contribution >= 4 is 7.91 Å². The van der Waals surface area contributed by atoms with Gasteiger partial charge in [0.15, 0.2) is 0 Å². The highest BCUT2D eigenvalue weighted by molar-refractivity contribution is 7.24. The molecule has 6 heavy (non-hydrogen) atoms. The van der Waals surface area contributed by atoms with Gasteiger partial charge in [-0.15, -0.1) is 0 Å². The molecular weight excluding hydrogens is 103 g/mol. The SMILES string of the molecule is C#COP(=O)=O. The van der Waals surface area contributed by atoms with Crippen molar-refractivity contribution in [3.05, 3.63) is 0 Å². The van der Waals surface area contributed by atoms with Crippen molar-refractivity contribution in [1.82, 2.24) is 0 Å². The molecule has 3 nitrogen and oxygen atoms in total. The van der Waals surface area contributed by atoms with Gasteiger partial charge in [-0.25, -0.2) is 0 Å². The quantitative estimate of drug-likeness (QED) is 0.363. The Kier molecular flexibility index (Phi) is 2.19. The van der Waals surface area contributed by atoms with Crippen molar-refractivity contribution in [2.45, 2.75) is 0 Å². The van der Waals surface area contributed by atoms with Crippen LogP contribution in [0, 0.1) is 12.5 Å². The molecule has 0 spiro atoms. The van der Waals surface area contributed by atoms with Gasteiger partial charge in [0.2, 0.25) is 0 Å². The average Bonchev–Trinajstić information content (AvgIpc) is 1.35. The van der Waals surface area contributed by atoms with Crippen LogP contribution in [0.5, 0.6) is 0 Å². The minimum atomic E-state index is -2.84. The minimum Gasteiger partial charge on any atom is -0.333 e. The first kappa shape index (κ1) is 5.26. The molecule has 0 radical (unpaired) electrons. The molecule has 4 heteroatoms. The lowest BCUT2D eigenvalue weighted by atomic mass is 11.3. The topological polar surface area (TPSA) is 43.4 Å². The summed E-state index contributed by atoms with van der Waals surface area (Å²) < 4.78 is 22.1. The van der Waals surface area contributed by atoms with Gasteiger partial charge in [-0.3, -0.25) is 0 Å². The van der Waals surface area contributed by atoms with E-state index in [1.807, 2.05) is 0 Å². The van der Waals surface area contributed by atoms with Crippen LogP contribution in [0.3, 0.4) is 0 Å². The Hall–Kier alpha value is -0.740. The van der Waals surface area contributed by atoms with E-state index >= 15 is 0 Å². The van der Waals surface area contributed by atoms with Crippen molar-refractivity contribution in [3.63, 3.8) is 0 Å². The third-order valence-electron chi connectivity index (χ3n) is 0.127. The molecule has 0 bridgehead atoms. The minimum absolute atomic E-state index is 1.47. The van der Waals surface area contributed by atoms with E-state index < -0.39 is 7.91 Å². The predicted octanol–water partition coefficient (Wildman–Crippen LogP) is 0.682. The Morgan fingerprint density at radius 2 is 2.17 bits per heavy atom. The first-order valence-corrected chi connectivity index (χ1v) is 2.14. The Morgan fingerprint density at radius 1 is 1.67 bits per heavy atom. The number of hydrogen-bond acceptors (Lipinski definition) is 3. The molecule has 0 fully saturated rings. The molecule has 0 aliphatic carbocycles. The standard InChI is InChI=1S/C2HO3P/c1-2-5-6(3)4/h1H. The second kappa shape index (κ2) is 2.49. The lowest BCUT2D eigenvalue weighted by Gasteiger charge is -1.64. The van der Waals surface area contributed by atoms with Crippen LogP contribution in [-0.4, -0.2) is 0 Å². The summed E-state index contributed by atoms with van der Waals surface area (Å²) in [4.78, 5) is 0. The van der Waals surface area contributed by atoms with Crippen LogP contribution in [0.2, 0.25) is 0 Å². The first-order chi connectivity index (χ1) is 2.77. The van der Waals surface area contributed by atoms with Crippen LogP contribution >= 0.6 is 7.91 Å². The molecule has 0 rings (SSSR count). The van der Waals surface area contributed by atoms with Gasteiger partial charge in [-0.05, 0) is 0 Å². The molecule has 0 aromatic carbocycles. The van der Waals surface area contributed by atoms with Crippen LogP contribution in [0.1, 0.15) is 0 Å². The summed E-state index contributed by atoms with van der Waals surface area (Å²) in [5.74, 6) is 0. The van der Waals surface area contributed by atoms with Crippen LogP contribution in [-0.2, 0) is 13.7 Å². The molecule has 0 atom stereocenters. The Bertz CT molecular complexity index is 120. The second-order valence-electron chi connectivity index (χ2n) is 0.433. The van der Waals surface area contributed by atoms with Crippen molar-refractivity contribution < 1.29 is 13.7 Å². The van der Waals surface area contributed by atoms with Gasteiger partial charge in [0.05, 0.1) is 0 Å². The van der Waals surface area contributed by atoms with E-state index in [0.29, 0.717) is 0 Å². The zero-order valence-corrected chi connectivity index (χ0v) is 3.64. The van der Waals surface area contributed by atoms with Crippen molar-refractivity contribution in [2.75, 3.05) is 0 Å². The predicted molar refractivity (Wildman–Crippen MR) is 18.2 cm³/mol. The van der Waals surface area contributed by atoms with Crippen molar-refractivity contribution in [3.8, 4) is 12.5 Å². The molecule has 0 aromatic heterocycles. The summed E-state index contributed by atoms with van der Waals surface area (Å²) in [6.45, 7) is 0. The third-order valence-corrected chi connectivity index (χ3v) is 0.382. The maximum absolute atomic E-state index is 9.27. The van der Waals surface area contributed by atoms with Gasteiger partial charge in [0, 0.05) is 0 Å². The molecule has 0 aromatic rings. The van der Waals surface area contributed by atoms with Crippen LogP contribution < -0.4 is 0 Å². The molecule has 32 valence electrons. The van der Waals surface area contributed by atoms with E-state index in [0.717, 1.165) is 0 Å². The molecule has 0 unspecified atom stereocenters. The fraction of sp³-hybridized carbons (Fsp3) is 0. The number of rotatable bonds is 1. The molecule has 0 aliphatic rings. The molecule has 0 saturated heterocycles. The maximum atomic E-state index is 9.27. The summed E-state index contributed by atoms with van der Waals surface area (Å²) in [6, 6.07) is 0. The maximum Gasteiger partial charge on any atom is 0.538 e. The van der Waals surface area contributed by atoms with Gasteiger partial charge in [0.25, 0.3) is 0 Å². The molecular formula is C2HO3P. The third kappa shape index (κ3) is 3.26. The summed E-state index contributed by atoms with van der Waals surface area (Å²) >= 11 is 0.